The summed E-state index contributed by atoms with van der Waals surface area (Å²) in [5, 5.41) is 18.3. The SMILES string of the molecule is CCOCCNc1c(Nc2cccc(F)c2)nc(N2CCNCC2)nc1C(=N)CC. The number of hydrogen-bond acceptors (Lipinski definition) is 8. The third kappa shape index (κ3) is 5.64. The molecule has 9 heteroatoms. The van der Waals surface area contributed by atoms with E-state index in [-0.39, 0.29) is 5.82 Å². The smallest absolute Gasteiger partial charge is 0.228 e. The van der Waals surface area contributed by atoms with E-state index < -0.39 is 0 Å². The quantitative estimate of drug-likeness (QED) is 0.350. The summed E-state index contributed by atoms with van der Waals surface area (Å²) < 4.78 is 19.2. The number of ether oxygens (including phenoxy) is 1. The van der Waals surface area contributed by atoms with Crippen molar-refractivity contribution in [3.05, 3.63) is 35.8 Å². The largest absolute Gasteiger partial charge is 0.380 e. The highest BCUT2D eigenvalue weighted by Gasteiger charge is 2.21. The van der Waals surface area contributed by atoms with E-state index in [0.29, 0.717) is 60.7 Å². The van der Waals surface area contributed by atoms with Crippen LogP contribution in [0.1, 0.15) is 26.0 Å². The monoisotopic (exact) mass is 415 g/mol. The molecule has 162 valence electrons. The Hall–Kier alpha value is -2.78. The van der Waals surface area contributed by atoms with Crippen LogP contribution in [0.15, 0.2) is 24.3 Å². The zero-order valence-corrected chi connectivity index (χ0v) is 17.6. The molecule has 0 spiro atoms. The van der Waals surface area contributed by atoms with Gasteiger partial charge in [0.1, 0.15) is 17.2 Å². The average Bonchev–Trinajstić information content (AvgIpc) is 2.77. The predicted molar refractivity (Wildman–Crippen MR) is 119 cm³/mol. The van der Waals surface area contributed by atoms with Crippen LogP contribution < -0.4 is 20.9 Å². The molecular formula is C21H30FN7O. The van der Waals surface area contributed by atoms with E-state index in [9.17, 15) is 4.39 Å². The summed E-state index contributed by atoms with van der Waals surface area (Å²) >= 11 is 0. The molecule has 0 bridgehead atoms. The standard InChI is InChI=1S/C21H30FN7O/c1-3-17(23)18-19(25-10-13-30-4-2)20(26-16-7-5-6-15(22)14-16)28-21(27-18)29-11-8-24-9-12-29/h5-7,14,23-25H,3-4,8-13H2,1-2H3,(H,26,27,28). The number of benzene rings is 1. The highest BCUT2D eigenvalue weighted by molar-refractivity contribution is 6.03. The Balaban J connectivity index is 2.01. The van der Waals surface area contributed by atoms with Gasteiger partial charge in [-0.05, 0) is 31.5 Å². The zero-order valence-electron chi connectivity index (χ0n) is 17.6. The first-order chi connectivity index (χ1) is 14.6. The average molecular weight is 416 g/mol. The van der Waals surface area contributed by atoms with Crippen LogP contribution in [0.3, 0.4) is 0 Å². The number of anilines is 4. The third-order valence-corrected chi connectivity index (χ3v) is 4.78. The second-order valence-corrected chi connectivity index (χ2v) is 6.92. The fourth-order valence-corrected chi connectivity index (χ4v) is 3.19. The van der Waals surface area contributed by atoms with E-state index in [0.717, 1.165) is 26.2 Å². The van der Waals surface area contributed by atoms with Gasteiger partial charge in [0.05, 0.1) is 12.3 Å². The number of nitrogens with one attached hydrogen (secondary N) is 4. The van der Waals surface area contributed by atoms with Gasteiger partial charge in [0.15, 0.2) is 5.82 Å². The molecule has 1 fully saturated rings. The fraction of sp³-hybridized carbons (Fsp3) is 0.476. The summed E-state index contributed by atoms with van der Waals surface area (Å²) in [5.74, 6) is 0.761. The maximum absolute atomic E-state index is 13.7. The number of aromatic nitrogens is 2. The van der Waals surface area contributed by atoms with Gasteiger partial charge in [-0.1, -0.05) is 13.0 Å². The molecule has 8 nitrogen and oxygen atoms in total. The molecular weight excluding hydrogens is 385 g/mol. The molecule has 2 aromatic rings. The van der Waals surface area contributed by atoms with Crippen LogP contribution in [0.25, 0.3) is 0 Å². The van der Waals surface area contributed by atoms with Crippen LogP contribution in [0.4, 0.5) is 27.5 Å². The van der Waals surface area contributed by atoms with Crippen LogP contribution in [0.5, 0.6) is 0 Å². The second kappa shape index (κ2) is 10.8. The van der Waals surface area contributed by atoms with Crippen molar-refractivity contribution in [2.45, 2.75) is 20.3 Å². The summed E-state index contributed by atoms with van der Waals surface area (Å²) in [7, 11) is 0. The number of hydrogen-bond donors (Lipinski definition) is 4. The number of nitrogens with zero attached hydrogens (tertiary/aromatic N) is 3. The zero-order chi connectivity index (χ0) is 21.3. The van der Waals surface area contributed by atoms with Crippen molar-refractivity contribution in [2.24, 2.45) is 0 Å². The fourth-order valence-electron chi connectivity index (χ4n) is 3.19. The van der Waals surface area contributed by atoms with Gasteiger partial charge in [0, 0.05) is 45.0 Å². The van der Waals surface area contributed by atoms with Crippen molar-refractivity contribution >= 4 is 28.9 Å². The molecule has 3 rings (SSSR count). The first-order valence-electron chi connectivity index (χ1n) is 10.4. The molecule has 2 heterocycles. The predicted octanol–water partition coefficient (Wildman–Crippen LogP) is 3.00. The van der Waals surface area contributed by atoms with Gasteiger partial charge in [-0.3, -0.25) is 0 Å². The van der Waals surface area contributed by atoms with Crippen LogP contribution >= 0.6 is 0 Å². The molecule has 30 heavy (non-hydrogen) atoms. The van der Waals surface area contributed by atoms with Gasteiger partial charge in [-0.25, -0.2) is 9.37 Å². The lowest BCUT2D eigenvalue weighted by Gasteiger charge is -2.29. The van der Waals surface area contributed by atoms with Crippen molar-refractivity contribution in [2.75, 3.05) is 61.5 Å². The third-order valence-electron chi connectivity index (χ3n) is 4.78. The van der Waals surface area contributed by atoms with Crippen molar-refractivity contribution in [3.63, 3.8) is 0 Å². The lowest BCUT2D eigenvalue weighted by atomic mass is 10.1. The summed E-state index contributed by atoms with van der Waals surface area (Å²) in [5.41, 5.74) is 2.18. The molecule has 0 aliphatic carbocycles. The Bertz CT molecular complexity index is 855. The minimum atomic E-state index is -0.330. The van der Waals surface area contributed by atoms with E-state index in [4.69, 9.17) is 20.1 Å². The van der Waals surface area contributed by atoms with Crippen molar-refractivity contribution in [1.82, 2.24) is 15.3 Å². The molecule has 0 saturated carbocycles. The summed E-state index contributed by atoms with van der Waals surface area (Å²) in [6, 6.07) is 6.25. The van der Waals surface area contributed by atoms with E-state index in [1.807, 2.05) is 13.8 Å². The molecule has 0 atom stereocenters. The maximum Gasteiger partial charge on any atom is 0.228 e. The Morgan fingerprint density at radius 3 is 2.77 bits per heavy atom. The number of halogens is 1. The molecule has 0 unspecified atom stereocenters. The Morgan fingerprint density at radius 1 is 1.27 bits per heavy atom. The van der Waals surface area contributed by atoms with E-state index in [1.54, 1.807) is 12.1 Å². The molecule has 4 N–H and O–H groups in total. The highest BCUT2D eigenvalue weighted by Crippen LogP contribution is 2.30. The Morgan fingerprint density at radius 2 is 2.07 bits per heavy atom. The molecule has 0 radical (unpaired) electrons. The topological polar surface area (TPSA) is 98.2 Å². The van der Waals surface area contributed by atoms with Gasteiger partial charge < -0.3 is 31.0 Å². The van der Waals surface area contributed by atoms with Crippen LogP contribution in [-0.2, 0) is 4.74 Å². The number of piperazine rings is 1. The highest BCUT2D eigenvalue weighted by atomic mass is 19.1. The maximum atomic E-state index is 13.7. The van der Waals surface area contributed by atoms with Gasteiger partial charge in [0.25, 0.3) is 0 Å². The second-order valence-electron chi connectivity index (χ2n) is 6.92. The van der Waals surface area contributed by atoms with Crippen molar-refractivity contribution < 1.29 is 9.13 Å². The Kier molecular flexibility index (Phi) is 7.92. The summed E-state index contributed by atoms with van der Waals surface area (Å²) in [6.45, 7) is 8.85. The van der Waals surface area contributed by atoms with Crippen molar-refractivity contribution in [1.29, 1.82) is 5.41 Å². The van der Waals surface area contributed by atoms with Crippen molar-refractivity contribution in [3.8, 4) is 0 Å². The van der Waals surface area contributed by atoms with Gasteiger partial charge in [-0.2, -0.15) is 4.98 Å². The molecule has 1 aliphatic heterocycles. The first-order valence-corrected chi connectivity index (χ1v) is 10.4. The van der Waals surface area contributed by atoms with Crippen LogP contribution in [0, 0.1) is 11.2 Å². The van der Waals surface area contributed by atoms with E-state index >= 15 is 0 Å². The van der Waals surface area contributed by atoms with Crippen LogP contribution in [0.2, 0.25) is 0 Å². The summed E-state index contributed by atoms with van der Waals surface area (Å²) in [4.78, 5) is 11.6. The molecule has 0 amide bonds. The number of rotatable bonds is 10. The molecule has 1 aromatic heterocycles. The minimum Gasteiger partial charge on any atom is -0.380 e. The summed E-state index contributed by atoms with van der Waals surface area (Å²) in [6.07, 6.45) is 0.539. The normalized spacial score (nSPS) is 13.9. The van der Waals surface area contributed by atoms with E-state index in [1.165, 1.54) is 12.1 Å². The van der Waals surface area contributed by atoms with Gasteiger partial charge in [-0.15, -0.1) is 0 Å². The Labute approximate surface area is 176 Å². The molecule has 1 aromatic carbocycles. The first kappa shape index (κ1) is 21.9. The molecule has 1 aliphatic rings. The lowest BCUT2D eigenvalue weighted by molar-refractivity contribution is 0.158. The van der Waals surface area contributed by atoms with Gasteiger partial charge >= 0.3 is 0 Å². The minimum absolute atomic E-state index is 0.330. The van der Waals surface area contributed by atoms with E-state index in [2.05, 4.69) is 20.9 Å². The van der Waals surface area contributed by atoms with Crippen LogP contribution in [-0.4, -0.2) is 61.6 Å². The molecule has 1 saturated heterocycles. The van der Waals surface area contributed by atoms with Gasteiger partial charge in [0.2, 0.25) is 5.95 Å². The lowest BCUT2D eigenvalue weighted by Crippen LogP contribution is -2.44.